The molecule has 0 spiro atoms. The first-order valence-corrected chi connectivity index (χ1v) is 15.3. The molecular formula is C32H42N6. The van der Waals surface area contributed by atoms with Crippen molar-refractivity contribution in [2.24, 2.45) is 23.7 Å². The summed E-state index contributed by atoms with van der Waals surface area (Å²) in [6, 6.07) is 4.32. The van der Waals surface area contributed by atoms with E-state index < -0.39 is 0 Å². The predicted molar refractivity (Wildman–Crippen MR) is 154 cm³/mol. The van der Waals surface area contributed by atoms with Gasteiger partial charge in [0.25, 0.3) is 0 Å². The average molecular weight is 511 g/mol. The summed E-state index contributed by atoms with van der Waals surface area (Å²) >= 11 is 0. The van der Waals surface area contributed by atoms with E-state index in [2.05, 4.69) is 34.1 Å². The normalized spacial score (nSPS) is 29.0. The quantitative estimate of drug-likeness (QED) is 0.385. The van der Waals surface area contributed by atoms with Crippen LogP contribution in [0.2, 0.25) is 0 Å². The number of hydrogen-bond acceptors (Lipinski definition) is 4. The van der Waals surface area contributed by atoms with Gasteiger partial charge in [-0.25, -0.2) is 4.98 Å². The maximum absolute atomic E-state index is 6.57. The number of fused-ring (bicyclic) bond motifs is 3. The van der Waals surface area contributed by atoms with Crippen LogP contribution in [0.4, 0.5) is 11.6 Å². The monoisotopic (exact) mass is 510 g/mol. The number of H-pyrrole nitrogens is 1. The van der Waals surface area contributed by atoms with Crippen molar-refractivity contribution in [1.82, 2.24) is 19.7 Å². The van der Waals surface area contributed by atoms with Crippen LogP contribution in [0.5, 0.6) is 0 Å². The minimum atomic E-state index is 0.294. The molecule has 2 aromatic heterocycles. The zero-order valence-corrected chi connectivity index (χ0v) is 22.9. The Morgan fingerprint density at radius 3 is 2.71 bits per heavy atom. The molecule has 1 aromatic carbocycles. The summed E-state index contributed by atoms with van der Waals surface area (Å²) in [6.07, 6.45) is 14.7. The van der Waals surface area contributed by atoms with Crippen LogP contribution < -0.4 is 10.6 Å². The molecule has 3 heterocycles. The van der Waals surface area contributed by atoms with Gasteiger partial charge in [0.2, 0.25) is 5.95 Å². The molecule has 0 amide bonds. The van der Waals surface area contributed by atoms with E-state index >= 15 is 0 Å². The minimum absolute atomic E-state index is 0.294. The van der Waals surface area contributed by atoms with Crippen LogP contribution in [-0.4, -0.2) is 32.8 Å². The van der Waals surface area contributed by atoms with Crippen LogP contribution in [0.1, 0.15) is 87.2 Å². The van der Waals surface area contributed by atoms with E-state index in [1.165, 1.54) is 87.5 Å². The third-order valence-corrected chi connectivity index (χ3v) is 11.2. The SMILES string of the molecule is C=C(C)c1cc(N)c2nc(N3CCC4(c5n[nH]c6c5CC(C5CCCC5)C6)CC4C3)n(CC3CCC3)c2c1. The van der Waals surface area contributed by atoms with E-state index in [0.29, 0.717) is 11.3 Å². The number of rotatable bonds is 6. The number of anilines is 2. The molecule has 1 saturated heterocycles. The third kappa shape index (κ3) is 3.44. The molecule has 4 fully saturated rings. The van der Waals surface area contributed by atoms with Crippen LogP contribution in [-0.2, 0) is 24.8 Å². The zero-order valence-electron chi connectivity index (χ0n) is 22.9. The Kier molecular flexibility index (Phi) is 5.10. The van der Waals surface area contributed by atoms with Gasteiger partial charge in [-0.2, -0.15) is 5.10 Å². The first kappa shape index (κ1) is 23.2. The second-order valence-corrected chi connectivity index (χ2v) is 13.5. The van der Waals surface area contributed by atoms with E-state index in [4.69, 9.17) is 15.8 Å². The first-order valence-electron chi connectivity index (χ1n) is 15.3. The molecule has 8 rings (SSSR count). The molecule has 3 N–H and O–H groups in total. The second kappa shape index (κ2) is 8.37. The van der Waals surface area contributed by atoms with E-state index in [1.807, 2.05) is 6.07 Å². The topological polar surface area (TPSA) is 75.8 Å². The van der Waals surface area contributed by atoms with Crippen LogP contribution in [0.25, 0.3) is 16.6 Å². The largest absolute Gasteiger partial charge is 0.397 e. The average Bonchev–Trinajstić information content (AvgIpc) is 3.37. The second-order valence-electron chi connectivity index (χ2n) is 13.5. The summed E-state index contributed by atoms with van der Waals surface area (Å²) in [7, 11) is 0. The van der Waals surface area contributed by atoms with Crippen LogP contribution in [0, 0.1) is 23.7 Å². The maximum atomic E-state index is 6.57. The lowest BCUT2D eigenvalue weighted by atomic mass is 9.85. The van der Waals surface area contributed by atoms with Crippen molar-refractivity contribution in [3.8, 4) is 0 Å². The Morgan fingerprint density at radius 1 is 1.13 bits per heavy atom. The molecule has 6 nitrogen and oxygen atoms in total. The highest BCUT2D eigenvalue weighted by atomic mass is 15.3. The summed E-state index contributed by atoms with van der Waals surface area (Å²) in [4.78, 5) is 7.78. The molecule has 3 saturated carbocycles. The number of nitrogens with zero attached hydrogens (tertiary/aromatic N) is 4. The number of allylic oxidation sites excluding steroid dienone is 1. The highest BCUT2D eigenvalue weighted by Crippen LogP contribution is 2.61. The van der Waals surface area contributed by atoms with Gasteiger partial charge in [-0.15, -0.1) is 0 Å². The molecule has 3 unspecified atom stereocenters. The summed E-state index contributed by atoms with van der Waals surface area (Å²) in [6.45, 7) is 9.42. The fourth-order valence-electron chi connectivity index (χ4n) is 8.61. The Morgan fingerprint density at radius 2 is 1.97 bits per heavy atom. The van der Waals surface area contributed by atoms with Crippen molar-refractivity contribution in [2.45, 2.75) is 89.5 Å². The summed E-state index contributed by atoms with van der Waals surface area (Å²) in [5.41, 5.74) is 16.5. The van der Waals surface area contributed by atoms with Gasteiger partial charge in [-0.05, 0) is 92.4 Å². The number of nitrogens with one attached hydrogen (secondary N) is 1. The van der Waals surface area contributed by atoms with Crippen molar-refractivity contribution in [3.05, 3.63) is 41.2 Å². The van der Waals surface area contributed by atoms with E-state index in [-0.39, 0.29) is 0 Å². The van der Waals surface area contributed by atoms with Crippen molar-refractivity contribution in [1.29, 1.82) is 0 Å². The number of aromatic nitrogens is 4. The molecule has 5 aliphatic rings. The number of hydrogen-bond donors (Lipinski definition) is 2. The summed E-state index contributed by atoms with van der Waals surface area (Å²) in [5, 5.41) is 8.51. The maximum Gasteiger partial charge on any atom is 0.206 e. The van der Waals surface area contributed by atoms with Gasteiger partial charge in [0, 0.05) is 30.7 Å². The van der Waals surface area contributed by atoms with E-state index in [9.17, 15) is 0 Å². The van der Waals surface area contributed by atoms with Crippen molar-refractivity contribution >= 4 is 28.2 Å². The molecule has 1 aliphatic heterocycles. The molecule has 38 heavy (non-hydrogen) atoms. The minimum Gasteiger partial charge on any atom is -0.397 e. The van der Waals surface area contributed by atoms with Crippen LogP contribution in [0.15, 0.2) is 18.7 Å². The summed E-state index contributed by atoms with van der Waals surface area (Å²) in [5.74, 6) is 4.36. The third-order valence-electron chi connectivity index (χ3n) is 11.2. The number of aromatic amines is 1. The lowest BCUT2D eigenvalue weighted by Crippen LogP contribution is -2.38. The Balaban J connectivity index is 1.08. The van der Waals surface area contributed by atoms with Gasteiger partial charge in [-0.1, -0.05) is 44.3 Å². The Hall–Kier alpha value is -2.76. The fourth-order valence-corrected chi connectivity index (χ4v) is 8.61. The summed E-state index contributed by atoms with van der Waals surface area (Å²) < 4.78 is 2.50. The Labute approximate surface area is 226 Å². The molecule has 3 atom stereocenters. The van der Waals surface area contributed by atoms with Crippen LogP contribution in [0.3, 0.4) is 0 Å². The first-order chi connectivity index (χ1) is 18.5. The smallest absolute Gasteiger partial charge is 0.206 e. The van der Waals surface area contributed by atoms with Gasteiger partial charge in [-0.3, -0.25) is 5.10 Å². The Bertz CT molecular complexity index is 1420. The van der Waals surface area contributed by atoms with Crippen LogP contribution >= 0.6 is 0 Å². The number of nitrogens with two attached hydrogens (primary N) is 1. The number of piperidine rings is 1. The standard InChI is InChI=1S/C32H42N6/c1-19(2)22-13-26(33)29-28(15-22)38(17-20-6-5-7-20)31(34-29)37-11-10-32(16-24(32)18-37)30-25-12-23(14-27(25)35-36-30)21-8-3-4-9-21/h13,15,20-21,23-24H,1,3-12,14,16-18,33H2,2H3,(H,35,36). The molecule has 0 bridgehead atoms. The van der Waals surface area contributed by atoms with E-state index in [0.717, 1.165) is 65.7 Å². The highest BCUT2D eigenvalue weighted by Gasteiger charge is 2.60. The van der Waals surface area contributed by atoms with E-state index in [1.54, 1.807) is 5.56 Å². The molecule has 3 aromatic rings. The number of benzene rings is 1. The van der Waals surface area contributed by atoms with Gasteiger partial charge in [0.05, 0.1) is 16.9 Å². The van der Waals surface area contributed by atoms with Crippen molar-refractivity contribution in [3.63, 3.8) is 0 Å². The molecule has 0 radical (unpaired) electrons. The van der Waals surface area contributed by atoms with Gasteiger partial charge in [0.1, 0.15) is 5.52 Å². The molecule has 6 heteroatoms. The van der Waals surface area contributed by atoms with Crippen molar-refractivity contribution < 1.29 is 0 Å². The highest BCUT2D eigenvalue weighted by molar-refractivity contribution is 5.92. The number of imidazole rings is 1. The number of nitrogen functional groups attached to an aromatic ring is 1. The van der Waals surface area contributed by atoms with Gasteiger partial charge in [0.15, 0.2) is 0 Å². The van der Waals surface area contributed by atoms with Crippen molar-refractivity contribution in [2.75, 3.05) is 23.7 Å². The lowest BCUT2D eigenvalue weighted by molar-refractivity contribution is 0.279. The zero-order chi connectivity index (χ0) is 25.6. The molecule has 4 aliphatic carbocycles. The molecule has 200 valence electrons. The molecular weight excluding hydrogens is 468 g/mol. The van der Waals surface area contributed by atoms with Gasteiger partial charge >= 0.3 is 0 Å². The lowest BCUT2D eigenvalue weighted by Gasteiger charge is -2.34. The van der Waals surface area contributed by atoms with Gasteiger partial charge < -0.3 is 15.2 Å². The fraction of sp³-hybridized carbons (Fsp3) is 0.625. The predicted octanol–water partition coefficient (Wildman–Crippen LogP) is 6.25.